The van der Waals surface area contributed by atoms with Gasteiger partial charge in [0.25, 0.3) is 0 Å². The first kappa shape index (κ1) is 24.3. The van der Waals surface area contributed by atoms with Crippen LogP contribution in [0.5, 0.6) is 0 Å². The summed E-state index contributed by atoms with van der Waals surface area (Å²) >= 11 is 0. The van der Waals surface area contributed by atoms with Crippen molar-refractivity contribution in [3.8, 4) is 6.07 Å². The van der Waals surface area contributed by atoms with E-state index in [0.717, 1.165) is 42.9 Å². The normalized spacial score (nSPS) is 43.3. The fourth-order valence-electron chi connectivity index (χ4n) is 9.51. The average Bonchev–Trinajstić information content (AvgIpc) is 3.42. The molecule has 6 nitrogen and oxygen atoms in total. The number of hydrogen-bond donors (Lipinski definition) is 1. The van der Waals surface area contributed by atoms with E-state index in [1.54, 1.807) is 13.3 Å². The molecule has 0 aliphatic heterocycles. The summed E-state index contributed by atoms with van der Waals surface area (Å²) in [5, 5.41) is 24.7. The van der Waals surface area contributed by atoms with Crippen LogP contribution >= 0.6 is 0 Å². The molecule has 4 fully saturated rings. The lowest BCUT2D eigenvalue weighted by molar-refractivity contribution is -0.144. The Hall–Kier alpha value is -1.42. The molecule has 9 atom stereocenters. The molecule has 1 N–H and O–H groups in total. The third-order valence-electron chi connectivity index (χ3n) is 11.0. The van der Waals surface area contributed by atoms with Gasteiger partial charge in [-0.05, 0) is 106 Å². The van der Waals surface area contributed by atoms with Crippen molar-refractivity contribution in [1.82, 2.24) is 9.78 Å². The third-order valence-corrected chi connectivity index (χ3v) is 11.0. The first-order valence-corrected chi connectivity index (χ1v) is 13.4. The fraction of sp³-hybridized carbons (Fsp3) is 0.857. The molecule has 4 aliphatic carbocycles. The quantitative estimate of drug-likeness (QED) is 0.647. The number of hydrogen-bond acceptors (Lipinski definition) is 5. The van der Waals surface area contributed by atoms with Gasteiger partial charge < -0.3 is 14.6 Å². The van der Waals surface area contributed by atoms with Crippen LogP contribution in [0.15, 0.2) is 12.4 Å². The zero-order valence-corrected chi connectivity index (χ0v) is 21.5. The molecule has 0 bridgehead atoms. The molecular formula is C28H43N3O3. The standard InChI is InChI=1S/C28H43N3O3/c1-26-11-9-22-21-10-12-28(32,18-33-3)13-20(21)5-6-23(22)24(26)7-8-25(26)27(2,34-4)17-31-16-19(14-29)15-30-31/h15-16,20-25,32H,5-13,17-18H2,1-4H3/t20-,21+,22-,23-,24+,25+,26+,27-,28-/m1/s1. The number of nitriles is 1. The van der Waals surface area contributed by atoms with Crippen molar-refractivity contribution in [2.24, 2.45) is 40.9 Å². The van der Waals surface area contributed by atoms with E-state index in [9.17, 15) is 10.4 Å². The largest absolute Gasteiger partial charge is 0.387 e. The highest BCUT2D eigenvalue weighted by Gasteiger charge is 2.61. The number of methoxy groups -OCH3 is 2. The second kappa shape index (κ2) is 8.91. The summed E-state index contributed by atoms with van der Waals surface area (Å²) in [6.07, 6.45) is 14.2. The molecule has 0 amide bonds. The van der Waals surface area contributed by atoms with E-state index in [2.05, 4.69) is 25.0 Å². The van der Waals surface area contributed by atoms with Gasteiger partial charge in [-0.3, -0.25) is 4.68 Å². The van der Waals surface area contributed by atoms with E-state index in [4.69, 9.17) is 9.47 Å². The highest BCUT2D eigenvalue weighted by Crippen LogP contribution is 2.66. The van der Waals surface area contributed by atoms with Crippen molar-refractivity contribution in [2.45, 2.75) is 89.4 Å². The van der Waals surface area contributed by atoms with E-state index in [1.165, 1.54) is 38.5 Å². The van der Waals surface area contributed by atoms with Gasteiger partial charge in [0.05, 0.1) is 36.1 Å². The molecule has 1 aromatic rings. The van der Waals surface area contributed by atoms with Crippen molar-refractivity contribution in [2.75, 3.05) is 20.8 Å². The first-order valence-electron chi connectivity index (χ1n) is 13.4. The topological polar surface area (TPSA) is 80.3 Å². The highest BCUT2D eigenvalue weighted by molar-refractivity contribution is 5.22. The lowest BCUT2D eigenvalue weighted by atomic mass is 9.48. The van der Waals surface area contributed by atoms with Gasteiger partial charge in [0, 0.05) is 20.4 Å². The molecule has 6 heteroatoms. The molecular weight excluding hydrogens is 426 g/mol. The minimum Gasteiger partial charge on any atom is -0.387 e. The van der Waals surface area contributed by atoms with Crippen LogP contribution < -0.4 is 0 Å². The van der Waals surface area contributed by atoms with Gasteiger partial charge in [-0.1, -0.05) is 6.92 Å². The Morgan fingerprint density at radius 1 is 1.15 bits per heavy atom. The summed E-state index contributed by atoms with van der Waals surface area (Å²) in [6.45, 7) is 5.99. The molecule has 4 saturated carbocycles. The predicted molar refractivity (Wildman–Crippen MR) is 130 cm³/mol. The molecule has 5 rings (SSSR count). The summed E-state index contributed by atoms with van der Waals surface area (Å²) in [4.78, 5) is 0. The lowest BCUT2D eigenvalue weighted by Crippen LogP contribution is -2.54. The molecule has 0 radical (unpaired) electrons. The SMILES string of the molecule is COC[C@@]1(O)CC[C@H]2[C@H](CC[C@@H]3[C@@H]2CC[C@@]2(C)[C@H]3CC[C@@H]2[C@@](C)(Cn2cc(C#N)cn2)OC)C1. The van der Waals surface area contributed by atoms with Crippen LogP contribution in [-0.4, -0.2) is 46.9 Å². The van der Waals surface area contributed by atoms with Crippen LogP contribution in [0.2, 0.25) is 0 Å². The molecule has 4 aliphatic rings. The number of nitrogens with zero attached hydrogens (tertiary/aromatic N) is 3. The number of ether oxygens (including phenoxy) is 2. The summed E-state index contributed by atoms with van der Waals surface area (Å²) in [7, 11) is 3.56. The minimum atomic E-state index is -0.609. The zero-order chi connectivity index (χ0) is 24.1. The Morgan fingerprint density at radius 2 is 1.94 bits per heavy atom. The van der Waals surface area contributed by atoms with Crippen LogP contribution in [0.1, 0.15) is 77.2 Å². The Balaban J connectivity index is 1.33. The van der Waals surface area contributed by atoms with Gasteiger partial charge in [0.15, 0.2) is 0 Å². The van der Waals surface area contributed by atoms with Gasteiger partial charge in [-0.25, -0.2) is 0 Å². The maximum Gasteiger partial charge on any atom is 0.102 e. The molecule has 0 saturated heterocycles. The molecule has 0 unspecified atom stereocenters. The van der Waals surface area contributed by atoms with Gasteiger partial charge >= 0.3 is 0 Å². The van der Waals surface area contributed by atoms with Crippen LogP contribution in [0.3, 0.4) is 0 Å². The van der Waals surface area contributed by atoms with Gasteiger partial charge in [-0.15, -0.1) is 0 Å². The number of fused-ring (bicyclic) bond motifs is 5. The molecule has 34 heavy (non-hydrogen) atoms. The van der Waals surface area contributed by atoms with Gasteiger partial charge in [0.1, 0.15) is 6.07 Å². The Morgan fingerprint density at radius 3 is 2.65 bits per heavy atom. The van der Waals surface area contributed by atoms with Gasteiger partial charge in [0.2, 0.25) is 0 Å². The van der Waals surface area contributed by atoms with Crippen LogP contribution in [0.25, 0.3) is 0 Å². The molecule has 188 valence electrons. The monoisotopic (exact) mass is 469 g/mol. The third kappa shape index (κ3) is 3.92. The zero-order valence-electron chi connectivity index (χ0n) is 21.5. The molecule has 1 aromatic heterocycles. The van der Waals surface area contributed by atoms with Crippen LogP contribution in [-0.2, 0) is 16.0 Å². The van der Waals surface area contributed by atoms with Crippen LogP contribution in [0.4, 0.5) is 0 Å². The number of aromatic nitrogens is 2. The lowest BCUT2D eigenvalue weighted by Gasteiger charge is -2.58. The van der Waals surface area contributed by atoms with Crippen LogP contribution in [0, 0.1) is 52.3 Å². The van der Waals surface area contributed by atoms with Crippen molar-refractivity contribution in [3.63, 3.8) is 0 Å². The maximum absolute atomic E-state index is 11.0. The van der Waals surface area contributed by atoms with Crippen molar-refractivity contribution < 1.29 is 14.6 Å². The average molecular weight is 470 g/mol. The minimum absolute atomic E-state index is 0.287. The van der Waals surface area contributed by atoms with E-state index < -0.39 is 5.60 Å². The second-order valence-corrected chi connectivity index (χ2v) is 12.6. The Bertz CT molecular complexity index is 926. The Kier molecular flexibility index (Phi) is 6.36. The molecule has 0 spiro atoms. The summed E-state index contributed by atoms with van der Waals surface area (Å²) in [5.74, 6) is 4.33. The second-order valence-electron chi connectivity index (χ2n) is 12.6. The van der Waals surface area contributed by atoms with Gasteiger partial charge in [-0.2, -0.15) is 10.4 Å². The van der Waals surface area contributed by atoms with E-state index in [0.29, 0.717) is 30.6 Å². The van der Waals surface area contributed by atoms with E-state index in [1.807, 2.05) is 18.0 Å². The van der Waals surface area contributed by atoms with Crippen molar-refractivity contribution >= 4 is 0 Å². The first-order chi connectivity index (χ1) is 16.2. The Labute approximate surface area is 205 Å². The van der Waals surface area contributed by atoms with E-state index >= 15 is 0 Å². The molecule has 0 aromatic carbocycles. The fourth-order valence-corrected chi connectivity index (χ4v) is 9.51. The maximum atomic E-state index is 11.0. The smallest absolute Gasteiger partial charge is 0.102 e. The molecule has 1 heterocycles. The predicted octanol–water partition coefficient (Wildman–Crippen LogP) is 4.81. The highest BCUT2D eigenvalue weighted by atomic mass is 16.5. The number of aliphatic hydroxyl groups is 1. The van der Waals surface area contributed by atoms with Crippen molar-refractivity contribution in [1.29, 1.82) is 5.26 Å². The number of rotatable bonds is 6. The van der Waals surface area contributed by atoms with E-state index in [-0.39, 0.29) is 11.0 Å². The van der Waals surface area contributed by atoms with Crippen molar-refractivity contribution in [3.05, 3.63) is 18.0 Å². The summed E-state index contributed by atoms with van der Waals surface area (Å²) in [5.41, 5.74) is -0.0118. The summed E-state index contributed by atoms with van der Waals surface area (Å²) < 4.78 is 13.5. The summed E-state index contributed by atoms with van der Waals surface area (Å²) in [6, 6.07) is 2.19.